The van der Waals surface area contributed by atoms with Crippen molar-refractivity contribution in [2.75, 3.05) is 0 Å². The number of imidazole rings is 1. The molecule has 0 bridgehead atoms. The maximum absolute atomic E-state index is 4.45. The van der Waals surface area contributed by atoms with Gasteiger partial charge in [-0.3, -0.25) is 4.98 Å². The zero-order chi connectivity index (χ0) is 10.3. The Bertz CT molecular complexity index is 463. The first-order valence-electron chi connectivity index (χ1n) is 4.76. The summed E-state index contributed by atoms with van der Waals surface area (Å²) in [4.78, 5) is 8.77. The van der Waals surface area contributed by atoms with E-state index < -0.39 is 0 Å². The van der Waals surface area contributed by atoms with Crippen LogP contribution in [0.4, 0.5) is 0 Å². The fourth-order valence-corrected chi connectivity index (χ4v) is 1.43. The van der Waals surface area contributed by atoms with Crippen LogP contribution >= 0.6 is 0 Å². The summed E-state index contributed by atoms with van der Waals surface area (Å²) in [5, 5.41) is 0. The topological polar surface area (TPSA) is 30.7 Å². The van der Waals surface area contributed by atoms with Gasteiger partial charge in [-0.2, -0.15) is 0 Å². The minimum atomic E-state index is 0.0890. The van der Waals surface area contributed by atoms with E-state index in [1.165, 1.54) is 0 Å². The van der Waals surface area contributed by atoms with Gasteiger partial charge in [0.05, 0.1) is 23.6 Å². The minimum Gasteiger partial charge on any atom is -0.332 e. The maximum atomic E-state index is 4.45. The molecule has 0 spiro atoms. The zero-order valence-electron chi connectivity index (χ0n) is 9.07. The molecular weight excluding hydrogens is 174 g/mol. The number of rotatable bonds is 0. The summed E-state index contributed by atoms with van der Waals surface area (Å²) in [5.41, 5.74) is 3.28. The lowest BCUT2D eigenvalue weighted by molar-refractivity contribution is 0.570. The van der Waals surface area contributed by atoms with Crippen molar-refractivity contribution in [3.63, 3.8) is 0 Å². The van der Waals surface area contributed by atoms with Gasteiger partial charge in [0.2, 0.25) is 0 Å². The molecule has 0 aliphatic heterocycles. The molecule has 2 aromatic rings. The number of nitrogens with zero attached hydrogens (tertiary/aromatic N) is 3. The Hall–Kier alpha value is -1.38. The average molecular weight is 189 g/mol. The SMILES string of the molecule is Cn1cnc2cc(C(C)(C)C)ncc21. The Labute approximate surface area is 83.8 Å². The van der Waals surface area contributed by atoms with E-state index in [4.69, 9.17) is 0 Å². The molecule has 2 aromatic heterocycles. The van der Waals surface area contributed by atoms with Gasteiger partial charge in [-0.25, -0.2) is 4.98 Å². The fraction of sp³-hybridized carbons (Fsp3) is 0.455. The van der Waals surface area contributed by atoms with Crippen molar-refractivity contribution in [1.29, 1.82) is 0 Å². The van der Waals surface area contributed by atoms with Gasteiger partial charge in [0.25, 0.3) is 0 Å². The molecular formula is C11H15N3. The van der Waals surface area contributed by atoms with Crippen molar-refractivity contribution < 1.29 is 0 Å². The number of fused-ring (bicyclic) bond motifs is 1. The van der Waals surface area contributed by atoms with Crippen LogP contribution in [0.25, 0.3) is 11.0 Å². The summed E-state index contributed by atoms with van der Waals surface area (Å²) in [5.74, 6) is 0. The van der Waals surface area contributed by atoms with Crippen LogP contribution in [0.3, 0.4) is 0 Å². The van der Waals surface area contributed by atoms with Gasteiger partial charge in [-0.1, -0.05) is 20.8 Å². The summed E-state index contributed by atoms with van der Waals surface area (Å²) in [6.07, 6.45) is 3.71. The Balaban J connectivity index is 2.63. The van der Waals surface area contributed by atoms with Crippen molar-refractivity contribution >= 4 is 11.0 Å². The van der Waals surface area contributed by atoms with Gasteiger partial charge in [-0.05, 0) is 6.07 Å². The third-order valence-electron chi connectivity index (χ3n) is 2.38. The number of aryl methyl sites for hydroxylation is 1. The zero-order valence-corrected chi connectivity index (χ0v) is 9.07. The molecule has 0 saturated carbocycles. The third-order valence-corrected chi connectivity index (χ3v) is 2.38. The van der Waals surface area contributed by atoms with Gasteiger partial charge < -0.3 is 4.57 Å². The van der Waals surface area contributed by atoms with E-state index in [9.17, 15) is 0 Å². The van der Waals surface area contributed by atoms with E-state index >= 15 is 0 Å². The summed E-state index contributed by atoms with van der Waals surface area (Å²) in [7, 11) is 1.98. The van der Waals surface area contributed by atoms with Crippen molar-refractivity contribution in [1.82, 2.24) is 14.5 Å². The lowest BCUT2D eigenvalue weighted by Gasteiger charge is -2.16. The predicted molar refractivity (Wildman–Crippen MR) is 57.2 cm³/mol. The number of hydrogen-bond donors (Lipinski definition) is 0. The highest BCUT2D eigenvalue weighted by atomic mass is 15.0. The Morgan fingerprint density at radius 3 is 2.57 bits per heavy atom. The lowest BCUT2D eigenvalue weighted by Crippen LogP contribution is -2.13. The first-order chi connectivity index (χ1) is 6.48. The van der Waals surface area contributed by atoms with Gasteiger partial charge in [-0.15, -0.1) is 0 Å². The van der Waals surface area contributed by atoms with E-state index in [0.29, 0.717) is 0 Å². The summed E-state index contributed by atoms with van der Waals surface area (Å²) >= 11 is 0. The second-order valence-electron chi connectivity index (χ2n) is 4.66. The molecule has 0 aliphatic carbocycles. The van der Waals surface area contributed by atoms with Gasteiger partial charge in [0, 0.05) is 18.2 Å². The standard InChI is InChI=1S/C11H15N3/c1-11(2,3)10-5-8-9(6-12-10)14(4)7-13-8/h5-7H,1-4H3. The number of hydrogen-bond acceptors (Lipinski definition) is 2. The molecule has 0 aromatic carbocycles. The van der Waals surface area contributed by atoms with E-state index in [1.54, 1.807) is 0 Å². The highest BCUT2D eigenvalue weighted by Crippen LogP contribution is 2.22. The molecule has 0 radical (unpaired) electrons. The minimum absolute atomic E-state index is 0.0890. The summed E-state index contributed by atoms with van der Waals surface area (Å²) in [6, 6.07) is 2.06. The van der Waals surface area contributed by atoms with Crippen LogP contribution in [-0.4, -0.2) is 14.5 Å². The van der Waals surface area contributed by atoms with Gasteiger partial charge in [0.1, 0.15) is 0 Å². The van der Waals surface area contributed by atoms with Gasteiger partial charge in [0.15, 0.2) is 0 Å². The molecule has 74 valence electrons. The monoisotopic (exact) mass is 189 g/mol. The maximum Gasteiger partial charge on any atom is 0.0956 e. The van der Waals surface area contributed by atoms with Crippen LogP contribution < -0.4 is 0 Å². The second-order valence-corrected chi connectivity index (χ2v) is 4.66. The van der Waals surface area contributed by atoms with Crippen LogP contribution in [0.2, 0.25) is 0 Å². The van der Waals surface area contributed by atoms with Crippen molar-refractivity contribution in [2.24, 2.45) is 7.05 Å². The summed E-state index contributed by atoms with van der Waals surface area (Å²) in [6.45, 7) is 6.47. The Morgan fingerprint density at radius 1 is 1.21 bits per heavy atom. The predicted octanol–water partition coefficient (Wildman–Crippen LogP) is 2.27. The molecule has 14 heavy (non-hydrogen) atoms. The molecule has 3 nitrogen and oxygen atoms in total. The summed E-state index contributed by atoms with van der Waals surface area (Å²) < 4.78 is 1.98. The lowest BCUT2D eigenvalue weighted by atomic mass is 9.91. The van der Waals surface area contributed by atoms with E-state index in [-0.39, 0.29) is 5.41 Å². The quantitative estimate of drug-likeness (QED) is 0.636. The molecule has 0 amide bonds. The van der Waals surface area contributed by atoms with E-state index in [2.05, 4.69) is 36.8 Å². The van der Waals surface area contributed by atoms with Crippen LogP contribution in [-0.2, 0) is 12.5 Å². The van der Waals surface area contributed by atoms with Crippen LogP contribution in [0.5, 0.6) is 0 Å². The Morgan fingerprint density at radius 2 is 1.93 bits per heavy atom. The van der Waals surface area contributed by atoms with E-state index in [0.717, 1.165) is 16.7 Å². The number of aromatic nitrogens is 3. The first kappa shape index (κ1) is 9.19. The first-order valence-corrected chi connectivity index (χ1v) is 4.76. The molecule has 0 fully saturated rings. The van der Waals surface area contributed by atoms with Crippen molar-refractivity contribution in [3.05, 3.63) is 24.3 Å². The van der Waals surface area contributed by atoms with Gasteiger partial charge >= 0.3 is 0 Å². The normalized spacial score (nSPS) is 12.3. The number of pyridine rings is 1. The van der Waals surface area contributed by atoms with Crippen LogP contribution in [0, 0.1) is 0 Å². The van der Waals surface area contributed by atoms with E-state index in [1.807, 2.05) is 24.1 Å². The highest BCUT2D eigenvalue weighted by Gasteiger charge is 2.16. The molecule has 2 heterocycles. The van der Waals surface area contributed by atoms with Crippen molar-refractivity contribution in [3.8, 4) is 0 Å². The largest absolute Gasteiger partial charge is 0.332 e. The smallest absolute Gasteiger partial charge is 0.0956 e. The third kappa shape index (κ3) is 1.39. The van der Waals surface area contributed by atoms with Crippen LogP contribution in [0.1, 0.15) is 26.5 Å². The molecule has 2 rings (SSSR count). The molecule has 0 N–H and O–H groups in total. The van der Waals surface area contributed by atoms with Crippen LogP contribution in [0.15, 0.2) is 18.6 Å². The Kier molecular flexibility index (Phi) is 1.84. The van der Waals surface area contributed by atoms with Crippen molar-refractivity contribution in [2.45, 2.75) is 26.2 Å². The molecule has 0 aliphatic rings. The highest BCUT2D eigenvalue weighted by molar-refractivity contribution is 5.74. The molecule has 0 unspecified atom stereocenters. The fourth-order valence-electron chi connectivity index (χ4n) is 1.43. The molecule has 3 heteroatoms. The molecule has 0 saturated heterocycles. The second kappa shape index (κ2) is 2.80. The molecule has 0 atom stereocenters. The average Bonchev–Trinajstić information content (AvgIpc) is 2.46.